The maximum Gasteiger partial charge on any atom is 0.136 e. The molecule has 0 radical (unpaired) electrons. The molecule has 0 N–H and O–H groups in total. The SMILES string of the molecule is CCCCOCCOCCOCCC1CCCCCC1=O. The molecule has 0 aromatic heterocycles. The zero-order valence-corrected chi connectivity index (χ0v) is 13.6. The van der Waals surface area contributed by atoms with Crippen LogP contribution in [0.2, 0.25) is 0 Å². The molecule has 1 atom stereocenters. The lowest BCUT2D eigenvalue weighted by Crippen LogP contribution is -2.16. The Labute approximate surface area is 129 Å². The van der Waals surface area contributed by atoms with Gasteiger partial charge in [0.1, 0.15) is 5.78 Å². The Morgan fingerprint density at radius 2 is 1.57 bits per heavy atom. The normalized spacial score (nSPS) is 19.7. The van der Waals surface area contributed by atoms with Gasteiger partial charge in [-0.3, -0.25) is 4.79 Å². The lowest BCUT2D eigenvalue weighted by molar-refractivity contribution is -0.123. The summed E-state index contributed by atoms with van der Waals surface area (Å²) in [6.45, 7) is 6.16. The molecule has 1 rings (SSSR count). The van der Waals surface area contributed by atoms with Gasteiger partial charge in [-0.2, -0.15) is 0 Å². The van der Waals surface area contributed by atoms with Gasteiger partial charge >= 0.3 is 0 Å². The predicted octanol–water partition coefficient (Wildman–Crippen LogP) is 3.38. The van der Waals surface area contributed by atoms with Gasteiger partial charge in [0.05, 0.1) is 26.4 Å². The van der Waals surface area contributed by atoms with E-state index in [9.17, 15) is 4.79 Å². The molecule has 21 heavy (non-hydrogen) atoms. The molecule has 1 saturated carbocycles. The summed E-state index contributed by atoms with van der Waals surface area (Å²) in [7, 11) is 0. The van der Waals surface area contributed by atoms with Crippen LogP contribution >= 0.6 is 0 Å². The van der Waals surface area contributed by atoms with Crippen molar-refractivity contribution in [2.75, 3.05) is 39.6 Å². The highest BCUT2D eigenvalue weighted by Gasteiger charge is 2.19. The van der Waals surface area contributed by atoms with Crippen LogP contribution in [0.5, 0.6) is 0 Å². The number of ether oxygens (including phenoxy) is 3. The summed E-state index contributed by atoms with van der Waals surface area (Å²) in [5, 5.41) is 0. The Balaban J connectivity index is 1.84. The first-order valence-corrected chi connectivity index (χ1v) is 8.60. The van der Waals surface area contributed by atoms with Crippen molar-refractivity contribution in [1.29, 1.82) is 0 Å². The highest BCUT2D eigenvalue weighted by atomic mass is 16.5. The predicted molar refractivity (Wildman–Crippen MR) is 83.6 cm³/mol. The quantitative estimate of drug-likeness (QED) is 0.409. The van der Waals surface area contributed by atoms with Crippen molar-refractivity contribution in [3.8, 4) is 0 Å². The zero-order chi connectivity index (χ0) is 15.2. The van der Waals surface area contributed by atoms with Crippen molar-refractivity contribution in [1.82, 2.24) is 0 Å². The fourth-order valence-electron chi connectivity index (χ4n) is 2.55. The average molecular weight is 300 g/mol. The van der Waals surface area contributed by atoms with Crippen molar-refractivity contribution in [2.45, 2.75) is 58.3 Å². The molecule has 1 aliphatic carbocycles. The van der Waals surface area contributed by atoms with Gasteiger partial charge in [0.25, 0.3) is 0 Å². The van der Waals surface area contributed by atoms with Crippen LogP contribution in [0.1, 0.15) is 58.3 Å². The van der Waals surface area contributed by atoms with Gasteiger partial charge in [-0.05, 0) is 25.7 Å². The van der Waals surface area contributed by atoms with Crippen molar-refractivity contribution in [3.63, 3.8) is 0 Å². The highest BCUT2D eigenvalue weighted by molar-refractivity contribution is 5.81. The summed E-state index contributed by atoms with van der Waals surface area (Å²) in [4.78, 5) is 11.8. The second kappa shape index (κ2) is 13.2. The lowest BCUT2D eigenvalue weighted by Gasteiger charge is -2.12. The number of unbranched alkanes of at least 4 members (excludes halogenated alkanes) is 1. The van der Waals surface area contributed by atoms with Gasteiger partial charge in [0.2, 0.25) is 0 Å². The number of rotatable bonds is 12. The first kappa shape index (κ1) is 18.6. The maximum atomic E-state index is 11.8. The molecular weight excluding hydrogens is 268 g/mol. The van der Waals surface area contributed by atoms with Gasteiger partial charge in [0.15, 0.2) is 0 Å². The van der Waals surface area contributed by atoms with Crippen molar-refractivity contribution >= 4 is 5.78 Å². The van der Waals surface area contributed by atoms with E-state index >= 15 is 0 Å². The van der Waals surface area contributed by atoms with Gasteiger partial charge < -0.3 is 14.2 Å². The van der Waals surface area contributed by atoms with Crippen LogP contribution in [0.4, 0.5) is 0 Å². The van der Waals surface area contributed by atoms with E-state index in [0.29, 0.717) is 38.8 Å². The van der Waals surface area contributed by atoms with Crippen LogP contribution < -0.4 is 0 Å². The average Bonchev–Trinajstić information content (AvgIpc) is 2.69. The van der Waals surface area contributed by atoms with Gasteiger partial charge in [-0.1, -0.05) is 26.2 Å². The minimum Gasteiger partial charge on any atom is -0.379 e. The van der Waals surface area contributed by atoms with Crippen LogP contribution in [-0.4, -0.2) is 45.4 Å². The largest absolute Gasteiger partial charge is 0.379 e. The monoisotopic (exact) mass is 300 g/mol. The van der Waals surface area contributed by atoms with E-state index < -0.39 is 0 Å². The van der Waals surface area contributed by atoms with Crippen LogP contribution in [0.15, 0.2) is 0 Å². The van der Waals surface area contributed by atoms with E-state index in [0.717, 1.165) is 45.1 Å². The first-order chi connectivity index (χ1) is 10.3. The molecule has 0 heterocycles. The third-order valence-electron chi connectivity index (χ3n) is 3.93. The van der Waals surface area contributed by atoms with Crippen LogP contribution in [-0.2, 0) is 19.0 Å². The zero-order valence-electron chi connectivity index (χ0n) is 13.6. The van der Waals surface area contributed by atoms with E-state index in [1.54, 1.807) is 0 Å². The fraction of sp³-hybridized carbons (Fsp3) is 0.941. The fourth-order valence-corrected chi connectivity index (χ4v) is 2.55. The molecule has 4 nitrogen and oxygen atoms in total. The van der Waals surface area contributed by atoms with Crippen molar-refractivity contribution in [2.24, 2.45) is 5.92 Å². The summed E-state index contributed by atoms with van der Waals surface area (Å²) < 4.78 is 16.4. The molecule has 0 amide bonds. The summed E-state index contributed by atoms with van der Waals surface area (Å²) in [6, 6.07) is 0. The van der Waals surface area contributed by atoms with Gasteiger partial charge in [-0.25, -0.2) is 0 Å². The molecule has 1 aliphatic rings. The number of ketones is 1. The molecule has 0 spiro atoms. The third kappa shape index (κ3) is 9.99. The molecule has 0 aromatic rings. The lowest BCUT2D eigenvalue weighted by atomic mass is 9.96. The number of hydrogen-bond acceptors (Lipinski definition) is 4. The molecule has 0 saturated heterocycles. The Morgan fingerprint density at radius 1 is 0.905 bits per heavy atom. The minimum absolute atomic E-state index is 0.236. The number of carbonyl (C=O) groups excluding carboxylic acids is 1. The Kier molecular flexibility index (Phi) is 11.7. The van der Waals surface area contributed by atoms with Crippen molar-refractivity contribution < 1.29 is 19.0 Å². The minimum atomic E-state index is 0.236. The number of Topliss-reactive ketones (excluding diaryl/α,β-unsaturated/α-hetero) is 1. The van der Waals surface area contributed by atoms with E-state index in [4.69, 9.17) is 14.2 Å². The Bertz CT molecular complexity index is 255. The molecule has 1 fully saturated rings. The Morgan fingerprint density at radius 3 is 2.29 bits per heavy atom. The summed E-state index contributed by atoms with van der Waals surface area (Å²) in [5.74, 6) is 0.678. The van der Waals surface area contributed by atoms with Gasteiger partial charge in [0, 0.05) is 25.6 Å². The molecule has 0 aromatic carbocycles. The molecule has 124 valence electrons. The highest BCUT2D eigenvalue weighted by Crippen LogP contribution is 2.22. The molecule has 0 bridgehead atoms. The van der Waals surface area contributed by atoms with Crippen LogP contribution in [0.3, 0.4) is 0 Å². The standard InChI is InChI=1S/C17H32O4/c1-2-3-10-19-12-14-21-15-13-20-11-9-16-7-5-4-6-8-17(16)18/h16H,2-15H2,1H3. The number of carbonyl (C=O) groups is 1. The van der Waals surface area contributed by atoms with Gasteiger partial charge in [-0.15, -0.1) is 0 Å². The summed E-state index contributed by atoms with van der Waals surface area (Å²) in [6.07, 6.45) is 8.44. The van der Waals surface area contributed by atoms with E-state index in [-0.39, 0.29) is 5.92 Å². The molecule has 1 unspecified atom stereocenters. The number of hydrogen-bond donors (Lipinski definition) is 0. The second-order valence-electron chi connectivity index (χ2n) is 5.74. The molecular formula is C17H32O4. The second-order valence-corrected chi connectivity index (χ2v) is 5.74. The van der Waals surface area contributed by atoms with E-state index in [2.05, 4.69) is 6.92 Å². The molecule has 0 aliphatic heterocycles. The smallest absolute Gasteiger partial charge is 0.136 e. The first-order valence-electron chi connectivity index (χ1n) is 8.60. The van der Waals surface area contributed by atoms with Crippen LogP contribution in [0, 0.1) is 5.92 Å². The summed E-state index contributed by atoms with van der Waals surface area (Å²) >= 11 is 0. The van der Waals surface area contributed by atoms with Crippen LogP contribution in [0.25, 0.3) is 0 Å². The van der Waals surface area contributed by atoms with Crippen molar-refractivity contribution in [3.05, 3.63) is 0 Å². The van der Waals surface area contributed by atoms with E-state index in [1.165, 1.54) is 12.8 Å². The molecule has 4 heteroatoms. The maximum absolute atomic E-state index is 11.8. The topological polar surface area (TPSA) is 44.8 Å². The van der Waals surface area contributed by atoms with E-state index in [1.807, 2.05) is 0 Å². The summed E-state index contributed by atoms with van der Waals surface area (Å²) in [5.41, 5.74) is 0. The Hall–Kier alpha value is -0.450. The third-order valence-corrected chi connectivity index (χ3v) is 3.93.